The Morgan fingerprint density at radius 1 is 1.32 bits per heavy atom. The van der Waals surface area contributed by atoms with Crippen LogP contribution >= 0.6 is 11.6 Å². The minimum atomic E-state index is 0.110. The van der Waals surface area contributed by atoms with E-state index in [4.69, 9.17) is 16.3 Å². The van der Waals surface area contributed by atoms with E-state index in [1.807, 2.05) is 29.2 Å². The Bertz CT molecular complexity index is 395. The van der Waals surface area contributed by atoms with Crippen molar-refractivity contribution in [3.05, 3.63) is 29.8 Å². The molecule has 0 spiro atoms. The van der Waals surface area contributed by atoms with Gasteiger partial charge in [0.2, 0.25) is 5.91 Å². The summed E-state index contributed by atoms with van der Waals surface area (Å²) < 4.78 is 5.27. The number of carbonyl (C=O) groups is 1. The number of alkyl halides is 1. The second kappa shape index (κ2) is 8.81. The van der Waals surface area contributed by atoms with Crippen LogP contribution in [0.4, 0.5) is 0 Å². The highest BCUT2D eigenvalue weighted by Crippen LogP contribution is 2.18. The predicted molar refractivity (Wildman–Crippen MR) is 78.9 cm³/mol. The maximum Gasteiger partial charge on any atom is 0.227 e. The molecule has 4 heteroatoms. The molecule has 0 unspecified atom stereocenters. The van der Waals surface area contributed by atoms with Crippen molar-refractivity contribution in [3.63, 3.8) is 0 Å². The first-order valence-corrected chi connectivity index (χ1v) is 7.22. The topological polar surface area (TPSA) is 29.5 Å². The first-order valence-electron chi connectivity index (χ1n) is 6.68. The van der Waals surface area contributed by atoms with Crippen LogP contribution in [-0.2, 0) is 11.2 Å². The van der Waals surface area contributed by atoms with Crippen molar-refractivity contribution in [2.75, 3.05) is 26.1 Å². The number of amides is 1. The lowest BCUT2D eigenvalue weighted by molar-refractivity contribution is -0.130. The van der Waals surface area contributed by atoms with E-state index < -0.39 is 0 Å². The highest BCUT2D eigenvalue weighted by molar-refractivity contribution is 6.18. The maximum absolute atomic E-state index is 12.3. The molecule has 1 aromatic carbocycles. The second-order valence-electron chi connectivity index (χ2n) is 4.41. The third-order valence-electron chi connectivity index (χ3n) is 3.02. The molecule has 0 N–H and O–H groups in total. The van der Waals surface area contributed by atoms with Crippen LogP contribution in [0.25, 0.3) is 0 Å². The van der Waals surface area contributed by atoms with Crippen molar-refractivity contribution < 1.29 is 9.53 Å². The van der Waals surface area contributed by atoms with Crippen molar-refractivity contribution in [1.82, 2.24) is 4.90 Å². The number of rotatable bonds is 8. The molecule has 1 rings (SSSR count). The van der Waals surface area contributed by atoms with Gasteiger partial charge < -0.3 is 9.64 Å². The fourth-order valence-corrected chi connectivity index (χ4v) is 2.14. The first-order chi connectivity index (χ1) is 9.22. The number of nitrogens with zero attached hydrogens (tertiary/aromatic N) is 1. The zero-order valence-corrected chi connectivity index (χ0v) is 12.4. The molecule has 1 amide bonds. The molecule has 0 bridgehead atoms. The van der Waals surface area contributed by atoms with Crippen LogP contribution in [-0.4, -0.2) is 36.9 Å². The van der Waals surface area contributed by atoms with Gasteiger partial charge in [-0.05, 0) is 12.5 Å². The molecular formula is C15H22ClNO2. The van der Waals surface area contributed by atoms with E-state index in [2.05, 4.69) is 6.92 Å². The monoisotopic (exact) mass is 283 g/mol. The number of hydrogen-bond acceptors (Lipinski definition) is 2. The highest BCUT2D eigenvalue weighted by atomic mass is 35.5. The summed E-state index contributed by atoms with van der Waals surface area (Å²) in [6, 6.07) is 7.62. The number of para-hydroxylation sites is 1. The maximum atomic E-state index is 12.3. The molecule has 106 valence electrons. The largest absolute Gasteiger partial charge is 0.496 e. The van der Waals surface area contributed by atoms with Crippen LogP contribution in [0, 0.1) is 0 Å². The van der Waals surface area contributed by atoms with E-state index in [-0.39, 0.29) is 5.91 Å². The normalized spacial score (nSPS) is 10.3. The predicted octanol–water partition coefficient (Wildman–Crippen LogP) is 3.11. The van der Waals surface area contributed by atoms with Crippen molar-refractivity contribution >= 4 is 17.5 Å². The lowest BCUT2D eigenvalue weighted by Crippen LogP contribution is -2.34. The summed E-state index contributed by atoms with van der Waals surface area (Å²) in [4.78, 5) is 14.1. The van der Waals surface area contributed by atoms with Gasteiger partial charge in [0.15, 0.2) is 0 Å². The molecule has 0 saturated heterocycles. The van der Waals surface area contributed by atoms with Crippen LogP contribution in [0.3, 0.4) is 0 Å². The summed E-state index contributed by atoms with van der Waals surface area (Å²) in [5.74, 6) is 1.34. The molecular weight excluding hydrogens is 262 g/mol. The molecule has 1 aromatic rings. The van der Waals surface area contributed by atoms with Gasteiger partial charge in [-0.2, -0.15) is 0 Å². The fourth-order valence-electron chi connectivity index (χ4n) is 1.94. The van der Waals surface area contributed by atoms with Crippen LogP contribution in [0.5, 0.6) is 5.75 Å². The highest BCUT2D eigenvalue weighted by Gasteiger charge is 2.15. The molecule has 3 nitrogen and oxygen atoms in total. The molecule has 0 heterocycles. The molecule has 19 heavy (non-hydrogen) atoms. The fraction of sp³-hybridized carbons (Fsp3) is 0.533. The molecule has 0 aliphatic carbocycles. The minimum Gasteiger partial charge on any atom is -0.496 e. The van der Waals surface area contributed by atoms with Crippen LogP contribution in [0.2, 0.25) is 0 Å². The number of methoxy groups -OCH3 is 1. The van der Waals surface area contributed by atoms with Gasteiger partial charge in [0, 0.05) is 24.5 Å². The van der Waals surface area contributed by atoms with E-state index in [1.165, 1.54) is 0 Å². The number of unbranched alkanes of at least 4 members (excludes halogenated alkanes) is 1. The Labute approximate surface area is 120 Å². The number of hydrogen-bond donors (Lipinski definition) is 0. The zero-order valence-electron chi connectivity index (χ0n) is 11.7. The van der Waals surface area contributed by atoms with Crippen LogP contribution < -0.4 is 4.74 Å². The average Bonchev–Trinajstić information content (AvgIpc) is 2.44. The lowest BCUT2D eigenvalue weighted by Gasteiger charge is -2.22. The Kier molecular flexibility index (Phi) is 7.34. The van der Waals surface area contributed by atoms with Crippen molar-refractivity contribution in [2.45, 2.75) is 26.2 Å². The van der Waals surface area contributed by atoms with Crippen LogP contribution in [0.1, 0.15) is 25.3 Å². The van der Waals surface area contributed by atoms with E-state index >= 15 is 0 Å². The molecule has 0 radical (unpaired) electrons. The summed E-state index contributed by atoms with van der Waals surface area (Å²) in [5, 5.41) is 0. The molecule has 0 atom stereocenters. The molecule has 0 aliphatic rings. The Morgan fingerprint density at radius 3 is 2.68 bits per heavy atom. The summed E-state index contributed by atoms with van der Waals surface area (Å²) in [5.41, 5.74) is 0.922. The van der Waals surface area contributed by atoms with Crippen molar-refractivity contribution in [2.24, 2.45) is 0 Å². The minimum absolute atomic E-state index is 0.110. The number of halogens is 1. The zero-order chi connectivity index (χ0) is 14.1. The summed E-state index contributed by atoms with van der Waals surface area (Å²) >= 11 is 5.76. The lowest BCUT2D eigenvalue weighted by atomic mass is 10.1. The SMILES string of the molecule is CCCCN(CCCl)C(=O)Cc1ccccc1OC. The third kappa shape index (κ3) is 5.11. The van der Waals surface area contributed by atoms with Gasteiger partial charge in [-0.1, -0.05) is 31.5 Å². The number of ether oxygens (including phenoxy) is 1. The Balaban J connectivity index is 2.69. The van der Waals surface area contributed by atoms with E-state index in [0.29, 0.717) is 18.8 Å². The second-order valence-corrected chi connectivity index (χ2v) is 4.79. The standard InChI is InChI=1S/C15H22ClNO2/c1-3-4-10-17(11-9-16)15(18)12-13-7-5-6-8-14(13)19-2/h5-8H,3-4,9-12H2,1-2H3. The molecule has 0 fully saturated rings. The molecule has 0 aliphatic heterocycles. The Morgan fingerprint density at radius 2 is 2.05 bits per heavy atom. The quantitative estimate of drug-likeness (QED) is 0.686. The van der Waals surface area contributed by atoms with Gasteiger partial charge in [-0.15, -0.1) is 11.6 Å². The van der Waals surface area contributed by atoms with Gasteiger partial charge in [0.05, 0.1) is 13.5 Å². The van der Waals surface area contributed by atoms with Gasteiger partial charge in [0.1, 0.15) is 5.75 Å². The van der Waals surface area contributed by atoms with Gasteiger partial charge in [-0.25, -0.2) is 0 Å². The number of benzene rings is 1. The van der Waals surface area contributed by atoms with E-state index in [9.17, 15) is 4.79 Å². The molecule has 0 saturated carbocycles. The van der Waals surface area contributed by atoms with Crippen molar-refractivity contribution in [1.29, 1.82) is 0 Å². The molecule has 0 aromatic heterocycles. The van der Waals surface area contributed by atoms with E-state index in [0.717, 1.165) is 30.7 Å². The summed E-state index contributed by atoms with van der Waals surface area (Å²) in [6.45, 7) is 3.50. The smallest absolute Gasteiger partial charge is 0.227 e. The van der Waals surface area contributed by atoms with Crippen molar-refractivity contribution in [3.8, 4) is 5.75 Å². The number of carbonyl (C=O) groups excluding carboxylic acids is 1. The first kappa shape index (κ1) is 15.8. The van der Waals surface area contributed by atoms with Gasteiger partial charge >= 0.3 is 0 Å². The summed E-state index contributed by atoms with van der Waals surface area (Å²) in [7, 11) is 1.62. The average molecular weight is 284 g/mol. The van der Waals surface area contributed by atoms with Gasteiger partial charge in [0.25, 0.3) is 0 Å². The third-order valence-corrected chi connectivity index (χ3v) is 3.19. The summed E-state index contributed by atoms with van der Waals surface area (Å²) in [6.07, 6.45) is 2.44. The van der Waals surface area contributed by atoms with Crippen LogP contribution in [0.15, 0.2) is 24.3 Å². The Hall–Kier alpha value is -1.22. The van der Waals surface area contributed by atoms with E-state index in [1.54, 1.807) is 7.11 Å². The van der Waals surface area contributed by atoms with Gasteiger partial charge in [-0.3, -0.25) is 4.79 Å².